The van der Waals surface area contributed by atoms with E-state index < -0.39 is 0 Å². The van der Waals surface area contributed by atoms with Crippen LogP contribution in [0.4, 0.5) is 0 Å². The summed E-state index contributed by atoms with van der Waals surface area (Å²) in [5.74, 6) is 1.10. The van der Waals surface area contributed by atoms with E-state index in [9.17, 15) is 9.59 Å². The Hall–Kier alpha value is -2.66. The molecule has 1 saturated heterocycles. The summed E-state index contributed by atoms with van der Waals surface area (Å²) in [7, 11) is 0. The van der Waals surface area contributed by atoms with Crippen molar-refractivity contribution in [3.63, 3.8) is 0 Å². The largest absolute Gasteiger partial charge is 0.494 e. The normalized spacial score (nSPS) is 14.7. The molecule has 5 nitrogen and oxygen atoms in total. The van der Waals surface area contributed by atoms with Crippen LogP contribution < -0.4 is 4.74 Å². The number of Topliss-reactive ketones (excluding diaryl/α,β-unsaturated/α-hetero) is 1. The lowest BCUT2D eigenvalue weighted by Gasteiger charge is -2.34. The Morgan fingerprint density at radius 2 is 1.62 bits per heavy atom. The zero-order valence-corrected chi connectivity index (χ0v) is 17.6. The molecule has 2 aromatic carbocycles. The van der Waals surface area contributed by atoms with Crippen LogP contribution >= 0.6 is 0 Å². The van der Waals surface area contributed by atoms with Gasteiger partial charge in [-0.05, 0) is 55.7 Å². The van der Waals surface area contributed by atoms with Crippen LogP contribution in [0.1, 0.15) is 34.0 Å². The summed E-state index contributed by atoms with van der Waals surface area (Å²) < 4.78 is 5.44. The zero-order chi connectivity index (χ0) is 20.8. The highest BCUT2D eigenvalue weighted by atomic mass is 16.5. The van der Waals surface area contributed by atoms with E-state index in [0.29, 0.717) is 32.7 Å². The highest BCUT2D eigenvalue weighted by Crippen LogP contribution is 2.15. The van der Waals surface area contributed by atoms with Crippen molar-refractivity contribution < 1.29 is 14.3 Å². The Labute approximate surface area is 173 Å². The van der Waals surface area contributed by atoms with Crippen LogP contribution in [0.15, 0.2) is 42.5 Å². The summed E-state index contributed by atoms with van der Waals surface area (Å²) in [6.45, 7) is 9.85. The van der Waals surface area contributed by atoms with Crippen molar-refractivity contribution in [1.29, 1.82) is 0 Å². The second kappa shape index (κ2) is 9.70. The first-order valence-electron chi connectivity index (χ1n) is 10.3. The fraction of sp³-hybridized carbons (Fsp3) is 0.417. The molecule has 0 radical (unpaired) electrons. The molecular weight excluding hydrogens is 364 g/mol. The van der Waals surface area contributed by atoms with Crippen molar-refractivity contribution >= 4 is 11.7 Å². The lowest BCUT2D eigenvalue weighted by molar-refractivity contribution is -0.132. The van der Waals surface area contributed by atoms with Crippen LogP contribution in [0.2, 0.25) is 0 Å². The van der Waals surface area contributed by atoms with Crippen molar-refractivity contribution in [1.82, 2.24) is 9.80 Å². The second-order valence-corrected chi connectivity index (χ2v) is 7.63. The Bertz CT molecular complexity index is 853. The highest BCUT2D eigenvalue weighted by Gasteiger charge is 2.23. The number of carbonyl (C=O) groups is 2. The standard InChI is InChI=1S/C24H30N2O3/c1-4-29-22-9-6-20(7-10-22)16-24(28)26-13-11-25(12-14-26)17-23(27)21-8-5-18(2)19(3)15-21/h5-10,15H,4,11-14,16-17H2,1-3H3. The maximum atomic E-state index is 12.6. The number of piperazine rings is 1. The molecule has 0 atom stereocenters. The predicted molar refractivity (Wildman–Crippen MR) is 115 cm³/mol. The Morgan fingerprint density at radius 1 is 0.931 bits per heavy atom. The molecule has 1 aliphatic heterocycles. The van der Waals surface area contributed by atoms with Crippen molar-refractivity contribution in [2.75, 3.05) is 39.3 Å². The number of benzene rings is 2. The van der Waals surface area contributed by atoms with E-state index in [-0.39, 0.29) is 11.7 Å². The van der Waals surface area contributed by atoms with Gasteiger partial charge in [0.2, 0.25) is 5.91 Å². The fourth-order valence-electron chi connectivity index (χ4n) is 3.52. The minimum atomic E-state index is 0.134. The van der Waals surface area contributed by atoms with E-state index in [1.165, 1.54) is 5.56 Å². The molecule has 0 aromatic heterocycles. The lowest BCUT2D eigenvalue weighted by Crippen LogP contribution is -2.50. The van der Waals surface area contributed by atoms with Crippen LogP contribution in [0, 0.1) is 13.8 Å². The van der Waals surface area contributed by atoms with Gasteiger partial charge >= 0.3 is 0 Å². The van der Waals surface area contributed by atoms with E-state index in [2.05, 4.69) is 4.90 Å². The highest BCUT2D eigenvalue weighted by molar-refractivity contribution is 5.97. The molecule has 1 heterocycles. The molecule has 0 aliphatic carbocycles. The monoisotopic (exact) mass is 394 g/mol. The maximum absolute atomic E-state index is 12.6. The van der Waals surface area contributed by atoms with Crippen molar-refractivity contribution in [3.8, 4) is 5.75 Å². The Balaban J connectivity index is 1.47. The number of nitrogens with zero attached hydrogens (tertiary/aromatic N) is 2. The van der Waals surface area contributed by atoms with Crippen LogP contribution in [-0.4, -0.2) is 60.8 Å². The Kier molecular flexibility index (Phi) is 7.04. The van der Waals surface area contributed by atoms with Gasteiger partial charge in [-0.2, -0.15) is 0 Å². The topological polar surface area (TPSA) is 49.9 Å². The third-order valence-corrected chi connectivity index (χ3v) is 5.51. The van der Waals surface area contributed by atoms with Crippen LogP contribution in [0.3, 0.4) is 0 Å². The molecule has 1 fully saturated rings. The van der Waals surface area contributed by atoms with E-state index in [0.717, 1.165) is 35.5 Å². The van der Waals surface area contributed by atoms with Gasteiger partial charge in [-0.15, -0.1) is 0 Å². The quantitative estimate of drug-likeness (QED) is 0.677. The van der Waals surface area contributed by atoms with Crippen molar-refractivity contribution in [2.24, 2.45) is 0 Å². The van der Waals surface area contributed by atoms with E-state index in [1.54, 1.807) is 0 Å². The molecule has 2 aromatic rings. The summed E-state index contributed by atoms with van der Waals surface area (Å²) in [6, 6.07) is 13.6. The third kappa shape index (κ3) is 5.67. The molecule has 0 spiro atoms. The van der Waals surface area contributed by atoms with Crippen LogP contribution in [0.25, 0.3) is 0 Å². The molecule has 0 bridgehead atoms. The van der Waals surface area contributed by atoms with Gasteiger partial charge in [0, 0.05) is 31.7 Å². The molecule has 0 saturated carbocycles. The molecule has 0 unspecified atom stereocenters. The number of amides is 1. The predicted octanol–water partition coefficient (Wildman–Crippen LogP) is 3.27. The molecule has 0 N–H and O–H groups in total. The first-order chi connectivity index (χ1) is 14.0. The average Bonchev–Trinajstić information content (AvgIpc) is 2.72. The van der Waals surface area contributed by atoms with Gasteiger partial charge in [0.15, 0.2) is 5.78 Å². The van der Waals surface area contributed by atoms with Crippen LogP contribution in [0.5, 0.6) is 5.75 Å². The van der Waals surface area contributed by atoms with E-state index in [4.69, 9.17) is 4.74 Å². The Morgan fingerprint density at radius 3 is 2.24 bits per heavy atom. The number of hydrogen-bond donors (Lipinski definition) is 0. The van der Waals surface area contributed by atoms with Crippen LogP contribution in [-0.2, 0) is 11.2 Å². The lowest BCUT2D eigenvalue weighted by atomic mass is 10.0. The van der Waals surface area contributed by atoms with E-state index >= 15 is 0 Å². The first-order valence-corrected chi connectivity index (χ1v) is 10.3. The minimum Gasteiger partial charge on any atom is -0.494 e. The van der Waals surface area contributed by atoms with Gasteiger partial charge < -0.3 is 9.64 Å². The summed E-state index contributed by atoms with van der Waals surface area (Å²) in [6.07, 6.45) is 0.397. The third-order valence-electron chi connectivity index (χ3n) is 5.51. The van der Waals surface area contributed by atoms with Gasteiger partial charge in [-0.3, -0.25) is 14.5 Å². The minimum absolute atomic E-state index is 0.134. The fourth-order valence-corrected chi connectivity index (χ4v) is 3.52. The number of ketones is 1. The summed E-state index contributed by atoms with van der Waals surface area (Å²) in [5.41, 5.74) is 4.09. The number of carbonyl (C=O) groups excluding carboxylic acids is 2. The van der Waals surface area contributed by atoms with Gasteiger partial charge in [0.25, 0.3) is 0 Å². The molecule has 154 valence electrons. The molecule has 1 aliphatic rings. The van der Waals surface area contributed by atoms with Gasteiger partial charge in [-0.1, -0.05) is 24.3 Å². The average molecular weight is 395 g/mol. The SMILES string of the molecule is CCOc1ccc(CC(=O)N2CCN(CC(=O)c3ccc(C)c(C)c3)CC2)cc1. The first kappa shape index (κ1) is 21.1. The van der Waals surface area contributed by atoms with Gasteiger partial charge in [0.1, 0.15) is 5.75 Å². The summed E-state index contributed by atoms with van der Waals surface area (Å²) in [5, 5.41) is 0. The number of ether oxygens (including phenoxy) is 1. The number of hydrogen-bond acceptors (Lipinski definition) is 4. The van der Waals surface area contributed by atoms with Gasteiger partial charge in [0.05, 0.1) is 19.6 Å². The summed E-state index contributed by atoms with van der Waals surface area (Å²) in [4.78, 5) is 29.2. The number of aryl methyl sites for hydroxylation is 2. The second-order valence-electron chi connectivity index (χ2n) is 7.63. The smallest absolute Gasteiger partial charge is 0.227 e. The molecule has 5 heteroatoms. The van der Waals surface area contributed by atoms with Gasteiger partial charge in [-0.25, -0.2) is 0 Å². The molecule has 1 amide bonds. The molecule has 29 heavy (non-hydrogen) atoms. The van der Waals surface area contributed by atoms with Crippen molar-refractivity contribution in [2.45, 2.75) is 27.2 Å². The zero-order valence-electron chi connectivity index (χ0n) is 17.6. The number of rotatable bonds is 7. The summed E-state index contributed by atoms with van der Waals surface area (Å²) >= 11 is 0. The maximum Gasteiger partial charge on any atom is 0.227 e. The van der Waals surface area contributed by atoms with E-state index in [1.807, 2.05) is 68.1 Å². The molecular formula is C24H30N2O3. The van der Waals surface area contributed by atoms with Crippen molar-refractivity contribution in [3.05, 3.63) is 64.7 Å². The molecule has 3 rings (SSSR count).